The van der Waals surface area contributed by atoms with Gasteiger partial charge in [-0.1, -0.05) is 19.1 Å². The van der Waals surface area contributed by atoms with Gasteiger partial charge in [0.15, 0.2) is 0 Å². The van der Waals surface area contributed by atoms with E-state index in [-0.39, 0.29) is 5.97 Å². The second-order valence-electron chi connectivity index (χ2n) is 4.25. The Hall–Kier alpha value is -1.39. The molecule has 0 fully saturated rings. The minimum absolute atomic E-state index is 0.257. The molecule has 0 aliphatic carbocycles. The van der Waals surface area contributed by atoms with E-state index in [4.69, 9.17) is 4.74 Å². The van der Waals surface area contributed by atoms with E-state index in [2.05, 4.69) is 24.2 Å². The maximum atomic E-state index is 10.6. The van der Waals surface area contributed by atoms with Crippen LogP contribution in [0.15, 0.2) is 6.20 Å². The number of rotatable bonds is 6. The third-order valence-corrected chi connectivity index (χ3v) is 2.19. The fraction of sp³-hybridized carbons (Fsp3) is 0.727. The van der Waals surface area contributed by atoms with Crippen LogP contribution in [0.25, 0.3) is 0 Å². The van der Waals surface area contributed by atoms with Crippen LogP contribution < -0.4 is 0 Å². The van der Waals surface area contributed by atoms with Gasteiger partial charge < -0.3 is 4.74 Å². The molecule has 1 aromatic heterocycles. The molecular weight excluding hydrogens is 206 g/mol. The summed E-state index contributed by atoms with van der Waals surface area (Å²) in [4.78, 5) is 10.6. The molecule has 0 saturated carbocycles. The first-order valence-corrected chi connectivity index (χ1v) is 5.60. The zero-order valence-corrected chi connectivity index (χ0v) is 10.1. The second kappa shape index (κ2) is 6.25. The summed E-state index contributed by atoms with van der Waals surface area (Å²) < 4.78 is 6.67. The van der Waals surface area contributed by atoms with Crippen LogP contribution in [0.3, 0.4) is 0 Å². The highest BCUT2D eigenvalue weighted by molar-refractivity contribution is 5.65. The number of hydrogen-bond acceptors (Lipinski definition) is 4. The van der Waals surface area contributed by atoms with Crippen LogP contribution in [0.4, 0.5) is 0 Å². The highest BCUT2D eigenvalue weighted by atomic mass is 16.5. The molecule has 0 aromatic carbocycles. The molecule has 1 rings (SSSR count). The molecule has 90 valence electrons. The van der Waals surface area contributed by atoms with Gasteiger partial charge in [-0.25, -0.2) is 0 Å². The van der Waals surface area contributed by atoms with Crippen LogP contribution in [0.1, 0.15) is 32.9 Å². The lowest BCUT2D eigenvalue weighted by atomic mass is 10.1. The Kier molecular flexibility index (Phi) is 4.95. The first kappa shape index (κ1) is 12.7. The zero-order valence-electron chi connectivity index (χ0n) is 10.1. The average molecular weight is 225 g/mol. The minimum atomic E-state index is -0.257. The summed E-state index contributed by atoms with van der Waals surface area (Å²) in [6.07, 6.45) is 3.62. The van der Waals surface area contributed by atoms with Crippen LogP contribution in [-0.4, -0.2) is 27.6 Å². The lowest BCUT2D eigenvalue weighted by molar-refractivity contribution is -0.140. The monoisotopic (exact) mass is 225 g/mol. The molecule has 1 aromatic rings. The molecule has 0 atom stereocenters. The molecule has 16 heavy (non-hydrogen) atoms. The van der Waals surface area contributed by atoms with Crippen molar-refractivity contribution < 1.29 is 9.53 Å². The Labute approximate surface area is 95.8 Å². The van der Waals surface area contributed by atoms with Crippen molar-refractivity contribution in [2.75, 3.05) is 6.61 Å². The highest BCUT2D eigenvalue weighted by Gasteiger charge is 2.02. The molecule has 0 radical (unpaired) electrons. The summed E-state index contributed by atoms with van der Waals surface area (Å²) in [6.45, 7) is 7.02. The summed E-state index contributed by atoms with van der Waals surface area (Å²) in [6, 6.07) is 0. The smallest absolute Gasteiger partial charge is 0.302 e. The quantitative estimate of drug-likeness (QED) is 0.687. The molecule has 0 saturated heterocycles. The first-order chi connectivity index (χ1) is 7.58. The van der Waals surface area contributed by atoms with Gasteiger partial charge in [0, 0.05) is 26.1 Å². The van der Waals surface area contributed by atoms with E-state index in [9.17, 15) is 4.79 Å². The van der Waals surface area contributed by atoms with Gasteiger partial charge in [-0.2, -0.15) is 0 Å². The Morgan fingerprint density at radius 3 is 2.94 bits per heavy atom. The molecule has 0 spiro atoms. The van der Waals surface area contributed by atoms with Crippen molar-refractivity contribution in [2.45, 2.75) is 40.2 Å². The van der Waals surface area contributed by atoms with Gasteiger partial charge in [0.05, 0.1) is 12.3 Å². The van der Waals surface area contributed by atoms with Crippen molar-refractivity contribution in [2.24, 2.45) is 5.92 Å². The van der Waals surface area contributed by atoms with Gasteiger partial charge in [-0.05, 0) is 12.3 Å². The van der Waals surface area contributed by atoms with Crippen LogP contribution >= 0.6 is 0 Å². The predicted octanol–water partition coefficient (Wildman–Crippen LogP) is 1.43. The maximum absolute atomic E-state index is 10.6. The summed E-state index contributed by atoms with van der Waals surface area (Å²) in [5.41, 5.74) is 0.866. The third kappa shape index (κ3) is 4.91. The number of nitrogens with zero attached hydrogens (tertiary/aromatic N) is 3. The first-order valence-electron chi connectivity index (χ1n) is 5.60. The summed E-state index contributed by atoms with van der Waals surface area (Å²) >= 11 is 0. The van der Waals surface area contributed by atoms with Crippen molar-refractivity contribution >= 4 is 5.97 Å². The Morgan fingerprint density at radius 1 is 1.56 bits per heavy atom. The molecule has 0 bridgehead atoms. The number of carbonyl (C=O) groups excluding carboxylic acids is 1. The number of aromatic nitrogens is 3. The lowest BCUT2D eigenvalue weighted by Crippen LogP contribution is -2.03. The summed E-state index contributed by atoms with van der Waals surface area (Å²) in [5, 5.41) is 8.02. The molecule has 5 nitrogen and oxygen atoms in total. The molecule has 5 heteroatoms. The minimum Gasteiger partial charge on any atom is -0.465 e. The summed E-state index contributed by atoms with van der Waals surface area (Å²) in [5.74, 6) is 0.404. The molecule has 0 N–H and O–H groups in total. The molecule has 0 amide bonds. The Balaban J connectivity index is 2.30. The lowest BCUT2D eigenvalue weighted by Gasteiger charge is -2.02. The van der Waals surface area contributed by atoms with Gasteiger partial charge in [-0.15, -0.1) is 5.10 Å². The number of esters is 1. The van der Waals surface area contributed by atoms with E-state index < -0.39 is 0 Å². The van der Waals surface area contributed by atoms with Crippen molar-refractivity contribution in [3.05, 3.63) is 11.9 Å². The number of carbonyl (C=O) groups is 1. The fourth-order valence-electron chi connectivity index (χ4n) is 1.25. The Bertz CT molecular complexity index is 334. The highest BCUT2D eigenvalue weighted by Crippen LogP contribution is 2.02. The van der Waals surface area contributed by atoms with E-state index in [0.29, 0.717) is 18.9 Å². The van der Waals surface area contributed by atoms with Crippen LogP contribution in [-0.2, 0) is 22.5 Å². The van der Waals surface area contributed by atoms with Crippen LogP contribution in [0, 0.1) is 5.92 Å². The van der Waals surface area contributed by atoms with Crippen LogP contribution in [0.2, 0.25) is 0 Å². The number of ether oxygens (including phenoxy) is 1. The van der Waals surface area contributed by atoms with Gasteiger partial charge in [0.25, 0.3) is 0 Å². The number of aryl methyl sites for hydroxylation is 1. The topological polar surface area (TPSA) is 57.0 Å². The van der Waals surface area contributed by atoms with Crippen LogP contribution in [0.5, 0.6) is 0 Å². The average Bonchev–Trinajstić information content (AvgIpc) is 2.62. The van der Waals surface area contributed by atoms with E-state index >= 15 is 0 Å². The second-order valence-corrected chi connectivity index (χ2v) is 4.25. The largest absolute Gasteiger partial charge is 0.465 e. The van der Waals surface area contributed by atoms with Gasteiger partial charge in [-0.3, -0.25) is 9.48 Å². The van der Waals surface area contributed by atoms with Gasteiger partial charge >= 0.3 is 5.97 Å². The standard InChI is InChI=1S/C11H19N3O2/c1-9(2)4-6-14-8-11(12-13-14)5-7-16-10(3)15/h8-9H,4-7H2,1-3H3. The molecule has 0 aliphatic rings. The molecule has 1 heterocycles. The third-order valence-electron chi connectivity index (χ3n) is 2.19. The van der Waals surface area contributed by atoms with Crippen molar-refractivity contribution in [1.29, 1.82) is 0 Å². The van der Waals surface area contributed by atoms with Gasteiger partial charge in [0.1, 0.15) is 0 Å². The zero-order chi connectivity index (χ0) is 12.0. The molecule has 0 unspecified atom stereocenters. The van der Waals surface area contributed by atoms with Crippen molar-refractivity contribution in [3.63, 3.8) is 0 Å². The number of hydrogen-bond donors (Lipinski definition) is 0. The normalized spacial score (nSPS) is 10.8. The van der Waals surface area contributed by atoms with Gasteiger partial charge in [0.2, 0.25) is 0 Å². The Morgan fingerprint density at radius 2 is 2.31 bits per heavy atom. The van der Waals surface area contributed by atoms with Crippen molar-refractivity contribution in [1.82, 2.24) is 15.0 Å². The molecule has 0 aliphatic heterocycles. The van der Waals surface area contributed by atoms with E-state index in [1.165, 1.54) is 6.92 Å². The fourth-order valence-corrected chi connectivity index (χ4v) is 1.25. The van der Waals surface area contributed by atoms with Crippen molar-refractivity contribution in [3.8, 4) is 0 Å². The molecular formula is C11H19N3O2. The summed E-state index contributed by atoms with van der Waals surface area (Å²) in [7, 11) is 0. The SMILES string of the molecule is CC(=O)OCCc1cn(CCC(C)C)nn1. The van der Waals surface area contributed by atoms with E-state index in [0.717, 1.165) is 18.7 Å². The predicted molar refractivity (Wildman–Crippen MR) is 59.8 cm³/mol. The van der Waals surface area contributed by atoms with E-state index in [1.807, 2.05) is 10.9 Å². The van der Waals surface area contributed by atoms with E-state index in [1.54, 1.807) is 0 Å². The maximum Gasteiger partial charge on any atom is 0.302 e.